The lowest BCUT2D eigenvalue weighted by Gasteiger charge is -2.26. The van der Waals surface area contributed by atoms with Crippen molar-refractivity contribution >= 4 is 11.9 Å². The van der Waals surface area contributed by atoms with Gasteiger partial charge in [0.1, 0.15) is 5.69 Å². The summed E-state index contributed by atoms with van der Waals surface area (Å²) in [6.07, 6.45) is 2.17. The summed E-state index contributed by atoms with van der Waals surface area (Å²) in [5, 5.41) is 3.17. The number of amides is 1. The molecule has 0 bridgehead atoms. The largest absolute Gasteiger partial charge is 0.378 e. The van der Waals surface area contributed by atoms with E-state index in [0.29, 0.717) is 37.9 Å². The fourth-order valence-electron chi connectivity index (χ4n) is 2.06. The Bertz CT molecular complexity index is 458. The number of carbonyl (C=O) groups is 1. The molecule has 2 heterocycles. The summed E-state index contributed by atoms with van der Waals surface area (Å²) in [6, 6.07) is 1.74. The average Bonchev–Trinajstić information content (AvgIpc) is 2.47. The van der Waals surface area contributed by atoms with E-state index >= 15 is 0 Å². The highest BCUT2D eigenvalue weighted by Gasteiger charge is 2.20. The predicted molar refractivity (Wildman–Crippen MR) is 76.9 cm³/mol. The second-order valence-electron chi connectivity index (χ2n) is 4.90. The maximum atomic E-state index is 12.4. The molecular weight excluding hydrogens is 256 g/mol. The first-order valence-corrected chi connectivity index (χ1v) is 7.17. The molecule has 2 rings (SSSR count). The van der Waals surface area contributed by atoms with Gasteiger partial charge in [-0.05, 0) is 19.4 Å². The Morgan fingerprint density at radius 2 is 2.15 bits per heavy atom. The molecule has 20 heavy (non-hydrogen) atoms. The van der Waals surface area contributed by atoms with Crippen LogP contribution in [0.5, 0.6) is 0 Å². The van der Waals surface area contributed by atoms with E-state index < -0.39 is 0 Å². The number of aryl methyl sites for hydroxylation is 1. The van der Waals surface area contributed by atoms with Gasteiger partial charge < -0.3 is 15.0 Å². The molecule has 0 aromatic carbocycles. The number of anilines is 1. The fraction of sp³-hybridized carbons (Fsp3) is 0.643. The number of nitrogens with one attached hydrogen (secondary N) is 1. The molecule has 0 spiro atoms. The summed E-state index contributed by atoms with van der Waals surface area (Å²) in [6.45, 7) is 7.27. The molecule has 1 amide bonds. The first kappa shape index (κ1) is 14.7. The van der Waals surface area contributed by atoms with Gasteiger partial charge in [0, 0.05) is 25.3 Å². The van der Waals surface area contributed by atoms with Crippen LogP contribution in [0.15, 0.2) is 6.07 Å². The van der Waals surface area contributed by atoms with Gasteiger partial charge in [0.25, 0.3) is 5.91 Å². The molecule has 0 atom stereocenters. The van der Waals surface area contributed by atoms with Crippen LogP contribution in [0.1, 0.15) is 35.9 Å². The number of ether oxygens (including phenoxy) is 1. The molecule has 110 valence electrons. The lowest BCUT2D eigenvalue weighted by Crippen LogP contribution is -2.41. The minimum absolute atomic E-state index is 0.0441. The number of unbranched alkanes of at least 4 members (excludes halogenated alkanes) is 1. The number of carbonyl (C=O) groups excluding carboxylic acids is 1. The van der Waals surface area contributed by atoms with Gasteiger partial charge in [0.15, 0.2) is 0 Å². The summed E-state index contributed by atoms with van der Waals surface area (Å²) in [5.74, 6) is 0.493. The van der Waals surface area contributed by atoms with Gasteiger partial charge >= 0.3 is 0 Å². The van der Waals surface area contributed by atoms with E-state index in [1.807, 2.05) is 6.92 Å². The summed E-state index contributed by atoms with van der Waals surface area (Å²) in [4.78, 5) is 22.8. The third-order valence-corrected chi connectivity index (χ3v) is 3.19. The van der Waals surface area contributed by atoms with Gasteiger partial charge in [-0.15, -0.1) is 0 Å². The zero-order chi connectivity index (χ0) is 14.4. The number of aromatic nitrogens is 2. The zero-order valence-electron chi connectivity index (χ0n) is 12.2. The quantitative estimate of drug-likeness (QED) is 0.826. The van der Waals surface area contributed by atoms with Crippen LogP contribution in [0.4, 0.5) is 5.95 Å². The number of hydrogen-bond donors (Lipinski definition) is 1. The molecule has 0 aliphatic carbocycles. The molecule has 6 nitrogen and oxygen atoms in total. The number of rotatable bonds is 5. The maximum Gasteiger partial charge on any atom is 0.272 e. The van der Waals surface area contributed by atoms with Crippen molar-refractivity contribution in [2.45, 2.75) is 26.7 Å². The Kier molecular flexibility index (Phi) is 5.29. The normalized spacial score (nSPS) is 15.2. The van der Waals surface area contributed by atoms with E-state index in [2.05, 4.69) is 22.2 Å². The second-order valence-corrected chi connectivity index (χ2v) is 4.90. The summed E-state index contributed by atoms with van der Waals surface area (Å²) >= 11 is 0. The van der Waals surface area contributed by atoms with Crippen LogP contribution in [0.2, 0.25) is 0 Å². The maximum absolute atomic E-state index is 12.4. The predicted octanol–water partition coefficient (Wildman–Crippen LogP) is 1.47. The van der Waals surface area contributed by atoms with Crippen molar-refractivity contribution < 1.29 is 9.53 Å². The van der Waals surface area contributed by atoms with Crippen molar-refractivity contribution in [2.75, 3.05) is 38.2 Å². The Hall–Kier alpha value is -1.69. The molecule has 0 radical (unpaired) electrons. The van der Waals surface area contributed by atoms with Gasteiger partial charge in [-0.3, -0.25) is 4.79 Å². The molecule has 1 aliphatic rings. The fourth-order valence-corrected chi connectivity index (χ4v) is 2.06. The molecule has 1 saturated heterocycles. The van der Waals surface area contributed by atoms with Gasteiger partial charge in [0.05, 0.1) is 13.2 Å². The zero-order valence-corrected chi connectivity index (χ0v) is 12.2. The Morgan fingerprint density at radius 3 is 2.85 bits per heavy atom. The molecule has 0 saturated carbocycles. The third-order valence-electron chi connectivity index (χ3n) is 3.19. The standard InChI is InChI=1S/C14H22N4O2/c1-3-4-5-15-14-16-11(2)10-12(17-14)13(19)18-6-8-20-9-7-18/h10H,3-9H2,1-2H3,(H,15,16,17). The Balaban J connectivity index is 2.07. The summed E-state index contributed by atoms with van der Waals surface area (Å²) in [7, 11) is 0. The van der Waals surface area contributed by atoms with Crippen molar-refractivity contribution in [2.24, 2.45) is 0 Å². The van der Waals surface area contributed by atoms with Crippen molar-refractivity contribution in [3.63, 3.8) is 0 Å². The van der Waals surface area contributed by atoms with Crippen LogP contribution in [-0.4, -0.2) is 53.6 Å². The van der Waals surface area contributed by atoms with E-state index in [0.717, 1.165) is 25.1 Å². The topological polar surface area (TPSA) is 67.4 Å². The lowest BCUT2D eigenvalue weighted by atomic mass is 10.3. The second kappa shape index (κ2) is 7.19. The van der Waals surface area contributed by atoms with E-state index in [4.69, 9.17) is 4.74 Å². The van der Waals surface area contributed by atoms with E-state index in [1.54, 1.807) is 11.0 Å². The number of hydrogen-bond acceptors (Lipinski definition) is 5. The van der Waals surface area contributed by atoms with Gasteiger partial charge in [-0.25, -0.2) is 9.97 Å². The van der Waals surface area contributed by atoms with Crippen LogP contribution in [-0.2, 0) is 4.74 Å². The molecule has 1 aromatic rings. The lowest BCUT2D eigenvalue weighted by molar-refractivity contribution is 0.0299. The van der Waals surface area contributed by atoms with E-state index in [1.165, 1.54) is 0 Å². The first-order chi connectivity index (χ1) is 9.70. The monoisotopic (exact) mass is 278 g/mol. The third kappa shape index (κ3) is 3.90. The molecule has 1 aromatic heterocycles. The van der Waals surface area contributed by atoms with E-state index in [-0.39, 0.29) is 5.91 Å². The van der Waals surface area contributed by atoms with Crippen molar-refractivity contribution in [1.82, 2.24) is 14.9 Å². The van der Waals surface area contributed by atoms with Gasteiger partial charge in [-0.2, -0.15) is 0 Å². The molecule has 0 unspecified atom stereocenters. The minimum atomic E-state index is -0.0441. The molecule has 1 N–H and O–H groups in total. The summed E-state index contributed by atoms with van der Waals surface area (Å²) in [5.41, 5.74) is 1.26. The Morgan fingerprint density at radius 1 is 1.40 bits per heavy atom. The average molecular weight is 278 g/mol. The number of nitrogens with zero attached hydrogens (tertiary/aromatic N) is 3. The highest BCUT2D eigenvalue weighted by Crippen LogP contribution is 2.09. The molecule has 1 fully saturated rings. The van der Waals surface area contributed by atoms with Crippen LogP contribution in [0.25, 0.3) is 0 Å². The van der Waals surface area contributed by atoms with Crippen molar-refractivity contribution in [1.29, 1.82) is 0 Å². The molecule has 6 heteroatoms. The Labute approximate surface area is 119 Å². The highest BCUT2D eigenvalue weighted by molar-refractivity contribution is 5.92. The smallest absolute Gasteiger partial charge is 0.272 e. The van der Waals surface area contributed by atoms with Crippen LogP contribution in [0.3, 0.4) is 0 Å². The molecule has 1 aliphatic heterocycles. The number of morpholine rings is 1. The van der Waals surface area contributed by atoms with E-state index in [9.17, 15) is 4.79 Å². The summed E-state index contributed by atoms with van der Waals surface area (Å²) < 4.78 is 5.26. The van der Waals surface area contributed by atoms with Crippen LogP contribution >= 0.6 is 0 Å². The van der Waals surface area contributed by atoms with Crippen molar-refractivity contribution in [3.05, 3.63) is 17.5 Å². The minimum Gasteiger partial charge on any atom is -0.378 e. The van der Waals surface area contributed by atoms with Crippen molar-refractivity contribution in [3.8, 4) is 0 Å². The SMILES string of the molecule is CCCCNc1nc(C)cc(C(=O)N2CCOCC2)n1. The van der Waals surface area contributed by atoms with Crippen LogP contribution in [0, 0.1) is 6.92 Å². The van der Waals surface area contributed by atoms with Gasteiger partial charge in [-0.1, -0.05) is 13.3 Å². The highest BCUT2D eigenvalue weighted by atomic mass is 16.5. The van der Waals surface area contributed by atoms with Gasteiger partial charge in [0.2, 0.25) is 5.95 Å². The first-order valence-electron chi connectivity index (χ1n) is 7.17. The molecular formula is C14H22N4O2. The van der Waals surface area contributed by atoms with Crippen LogP contribution < -0.4 is 5.32 Å².